The van der Waals surface area contributed by atoms with Crippen LogP contribution >= 0.6 is 11.6 Å². The van der Waals surface area contributed by atoms with Gasteiger partial charge in [0, 0.05) is 18.8 Å². The lowest BCUT2D eigenvalue weighted by atomic mass is 10.2. The fraction of sp³-hybridized carbons (Fsp3) is 0.438. The van der Waals surface area contributed by atoms with Crippen molar-refractivity contribution in [2.24, 2.45) is 0 Å². The van der Waals surface area contributed by atoms with E-state index in [1.165, 1.54) is 18.4 Å². The summed E-state index contributed by atoms with van der Waals surface area (Å²) in [5.41, 5.74) is 2.15. The van der Waals surface area contributed by atoms with Crippen molar-refractivity contribution in [2.75, 3.05) is 6.61 Å². The maximum absolute atomic E-state index is 5.97. The zero-order chi connectivity index (χ0) is 14.7. The molecule has 21 heavy (non-hydrogen) atoms. The largest absolute Gasteiger partial charge is 0.492 e. The summed E-state index contributed by atoms with van der Waals surface area (Å²) < 4.78 is 7.54. The van der Waals surface area contributed by atoms with Gasteiger partial charge in [-0.25, -0.2) is 0 Å². The molecule has 0 amide bonds. The minimum Gasteiger partial charge on any atom is -0.492 e. The van der Waals surface area contributed by atoms with Crippen LogP contribution in [-0.4, -0.2) is 22.4 Å². The number of benzene rings is 1. The maximum Gasteiger partial charge on any atom is 0.119 e. The number of rotatable bonds is 7. The van der Waals surface area contributed by atoms with Crippen LogP contribution < -0.4 is 10.1 Å². The minimum atomic E-state index is 0.580. The van der Waals surface area contributed by atoms with Gasteiger partial charge in [0.1, 0.15) is 12.4 Å². The Morgan fingerprint density at radius 1 is 1.33 bits per heavy atom. The monoisotopic (exact) mass is 305 g/mol. The third-order valence-corrected chi connectivity index (χ3v) is 3.94. The second-order valence-corrected chi connectivity index (χ2v) is 5.88. The number of nitrogens with one attached hydrogen (secondary N) is 1. The van der Waals surface area contributed by atoms with Gasteiger partial charge in [0.05, 0.1) is 17.3 Å². The first-order chi connectivity index (χ1) is 10.2. The van der Waals surface area contributed by atoms with Crippen molar-refractivity contribution < 1.29 is 4.74 Å². The minimum absolute atomic E-state index is 0.580. The highest BCUT2D eigenvalue weighted by atomic mass is 35.5. The van der Waals surface area contributed by atoms with Crippen LogP contribution in [0.2, 0.25) is 5.02 Å². The molecule has 0 atom stereocenters. The zero-order valence-corrected chi connectivity index (χ0v) is 12.9. The molecule has 112 valence electrons. The molecule has 1 saturated carbocycles. The van der Waals surface area contributed by atoms with Gasteiger partial charge in [0.15, 0.2) is 0 Å². The van der Waals surface area contributed by atoms with E-state index in [1.807, 2.05) is 29.9 Å². The van der Waals surface area contributed by atoms with Crippen LogP contribution in [0.3, 0.4) is 0 Å². The first-order valence-corrected chi connectivity index (χ1v) is 7.73. The van der Waals surface area contributed by atoms with Crippen molar-refractivity contribution in [1.29, 1.82) is 0 Å². The number of ether oxygens (including phenoxy) is 1. The second kappa shape index (κ2) is 6.50. The van der Waals surface area contributed by atoms with Gasteiger partial charge in [0.25, 0.3) is 0 Å². The fourth-order valence-corrected chi connectivity index (χ4v) is 2.27. The summed E-state index contributed by atoms with van der Waals surface area (Å²) in [6, 6.07) is 9.00. The van der Waals surface area contributed by atoms with E-state index in [2.05, 4.69) is 22.5 Å². The van der Waals surface area contributed by atoms with E-state index in [1.54, 1.807) is 0 Å². The molecule has 2 aromatic rings. The van der Waals surface area contributed by atoms with E-state index < -0.39 is 0 Å². The molecule has 1 aliphatic rings. The van der Waals surface area contributed by atoms with E-state index in [0.29, 0.717) is 18.2 Å². The molecular weight excluding hydrogens is 286 g/mol. The average molecular weight is 306 g/mol. The molecule has 0 saturated heterocycles. The smallest absolute Gasteiger partial charge is 0.119 e. The Balaban J connectivity index is 1.44. The highest BCUT2D eigenvalue weighted by Crippen LogP contribution is 2.20. The van der Waals surface area contributed by atoms with Gasteiger partial charge >= 0.3 is 0 Å². The van der Waals surface area contributed by atoms with Gasteiger partial charge in [-0.2, -0.15) is 5.10 Å². The summed E-state index contributed by atoms with van der Waals surface area (Å²) >= 11 is 5.97. The lowest BCUT2D eigenvalue weighted by Gasteiger charge is -2.08. The Bertz CT molecular complexity index is 571. The summed E-state index contributed by atoms with van der Waals surface area (Å²) in [6.07, 6.45) is 4.46. The molecular formula is C16H20ClN3O. The van der Waals surface area contributed by atoms with Crippen molar-refractivity contribution in [3.05, 3.63) is 46.7 Å². The summed E-state index contributed by atoms with van der Waals surface area (Å²) in [5, 5.41) is 8.50. The Labute approximate surface area is 130 Å². The highest BCUT2D eigenvalue weighted by molar-refractivity contribution is 6.31. The first kappa shape index (κ1) is 14.4. The van der Waals surface area contributed by atoms with Crippen LogP contribution in [0.4, 0.5) is 0 Å². The third-order valence-electron chi connectivity index (χ3n) is 3.57. The number of aryl methyl sites for hydroxylation is 1. The lowest BCUT2D eigenvalue weighted by molar-refractivity contribution is 0.291. The van der Waals surface area contributed by atoms with Crippen molar-refractivity contribution >= 4 is 11.6 Å². The van der Waals surface area contributed by atoms with E-state index in [9.17, 15) is 0 Å². The first-order valence-electron chi connectivity index (χ1n) is 7.35. The number of hydrogen-bond donors (Lipinski definition) is 1. The number of hydrogen-bond acceptors (Lipinski definition) is 3. The predicted molar refractivity (Wildman–Crippen MR) is 83.8 cm³/mol. The number of halogens is 1. The molecule has 0 bridgehead atoms. The molecule has 0 radical (unpaired) electrons. The fourth-order valence-electron chi connectivity index (χ4n) is 2.12. The molecule has 1 aromatic heterocycles. The molecule has 1 N–H and O–H groups in total. The zero-order valence-electron chi connectivity index (χ0n) is 12.2. The van der Waals surface area contributed by atoms with Crippen molar-refractivity contribution in [3.8, 4) is 5.75 Å². The summed E-state index contributed by atoms with van der Waals surface area (Å²) in [6.45, 7) is 4.11. The normalized spacial score (nSPS) is 14.4. The van der Waals surface area contributed by atoms with E-state index in [0.717, 1.165) is 24.0 Å². The Kier molecular flexibility index (Phi) is 4.46. The molecule has 0 aliphatic heterocycles. The molecule has 5 heteroatoms. The van der Waals surface area contributed by atoms with Gasteiger partial charge in [0.2, 0.25) is 0 Å². The van der Waals surface area contributed by atoms with E-state index in [4.69, 9.17) is 16.3 Å². The summed E-state index contributed by atoms with van der Waals surface area (Å²) in [7, 11) is 0. The molecule has 1 aliphatic carbocycles. The van der Waals surface area contributed by atoms with Crippen LogP contribution in [0.25, 0.3) is 0 Å². The van der Waals surface area contributed by atoms with Crippen LogP contribution in [-0.2, 0) is 13.1 Å². The standard InChI is InChI=1S/C16H20ClN3O/c1-12-16(17)11-20(19-12)8-9-21-15-6-2-13(3-7-15)10-18-14-4-5-14/h2-3,6-7,11,14,18H,4-5,8-10H2,1H3. The second-order valence-electron chi connectivity index (χ2n) is 5.47. The van der Waals surface area contributed by atoms with Crippen LogP contribution in [0, 0.1) is 6.92 Å². The third kappa shape index (κ3) is 4.22. The lowest BCUT2D eigenvalue weighted by Crippen LogP contribution is -2.15. The van der Waals surface area contributed by atoms with Gasteiger partial charge in [-0.1, -0.05) is 23.7 Å². The van der Waals surface area contributed by atoms with Crippen molar-refractivity contribution in [3.63, 3.8) is 0 Å². The summed E-state index contributed by atoms with van der Waals surface area (Å²) in [4.78, 5) is 0. The summed E-state index contributed by atoms with van der Waals surface area (Å²) in [5.74, 6) is 0.889. The molecule has 4 nitrogen and oxygen atoms in total. The van der Waals surface area contributed by atoms with Crippen molar-refractivity contribution in [1.82, 2.24) is 15.1 Å². The predicted octanol–water partition coefficient (Wildman–Crippen LogP) is 3.18. The SMILES string of the molecule is Cc1nn(CCOc2ccc(CNC3CC3)cc2)cc1Cl. The van der Waals surface area contributed by atoms with Crippen LogP contribution in [0.1, 0.15) is 24.1 Å². The molecule has 3 rings (SSSR count). The van der Waals surface area contributed by atoms with Crippen LogP contribution in [0.5, 0.6) is 5.75 Å². The Morgan fingerprint density at radius 3 is 2.71 bits per heavy atom. The van der Waals surface area contributed by atoms with Gasteiger partial charge in [-0.15, -0.1) is 0 Å². The van der Waals surface area contributed by atoms with E-state index in [-0.39, 0.29) is 0 Å². The molecule has 1 fully saturated rings. The topological polar surface area (TPSA) is 39.1 Å². The van der Waals surface area contributed by atoms with E-state index >= 15 is 0 Å². The Morgan fingerprint density at radius 2 is 2.10 bits per heavy atom. The molecule has 0 spiro atoms. The van der Waals surface area contributed by atoms with Gasteiger partial charge in [-0.3, -0.25) is 4.68 Å². The average Bonchev–Trinajstić information content (AvgIpc) is 3.25. The maximum atomic E-state index is 5.97. The van der Waals surface area contributed by atoms with Gasteiger partial charge < -0.3 is 10.1 Å². The number of aromatic nitrogens is 2. The van der Waals surface area contributed by atoms with Crippen LogP contribution in [0.15, 0.2) is 30.5 Å². The molecule has 0 unspecified atom stereocenters. The van der Waals surface area contributed by atoms with Gasteiger partial charge in [-0.05, 0) is 37.5 Å². The quantitative estimate of drug-likeness (QED) is 0.854. The number of nitrogens with zero attached hydrogens (tertiary/aromatic N) is 2. The molecule has 1 aromatic carbocycles. The Hall–Kier alpha value is -1.52. The van der Waals surface area contributed by atoms with Crippen molar-refractivity contribution in [2.45, 2.75) is 38.9 Å². The molecule has 1 heterocycles. The highest BCUT2D eigenvalue weighted by Gasteiger charge is 2.19.